The monoisotopic (exact) mass is 1580 g/mol. The fourth-order valence-electron chi connectivity index (χ4n) is 15.8. The van der Waals surface area contributed by atoms with Crippen molar-refractivity contribution in [3.8, 4) is 0 Å². The van der Waals surface area contributed by atoms with Crippen LogP contribution in [0.4, 0.5) is 0 Å². The molecule has 16 aromatic rings. The second kappa shape index (κ2) is 34.2. The molecule has 16 rings (SSSR count). The molecule has 610 valence electrons. The molecule has 16 nitrogen and oxygen atoms in total. The molecule has 0 fully saturated rings. The van der Waals surface area contributed by atoms with Gasteiger partial charge in [0.15, 0.2) is 28.4 Å². The van der Waals surface area contributed by atoms with Gasteiger partial charge in [0.1, 0.15) is 34.3 Å². The number of benzene rings is 5. The van der Waals surface area contributed by atoms with E-state index < -0.39 is 0 Å². The Kier molecular flexibility index (Phi) is 26.5. The summed E-state index contributed by atoms with van der Waals surface area (Å²) < 4.78 is 19.0. The lowest BCUT2D eigenvalue weighted by molar-refractivity contribution is 0.559. The Labute approximate surface area is 692 Å². The molecule has 0 saturated heterocycles. The molecular weight excluding hydrogens is 1460 g/mol. The Morgan fingerprint density at radius 3 is 1.07 bits per heavy atom. The maximum atomic E-state index is 5.60. The van der Waals surface area contributed by atoms with Crippen LogP contribution in [-0.4, -0.2) is 72.7 Å². The molecule has 0 radical (unpaired) electrons. The first-order chi connectivity index (χ1) is 53.4. The van der Waals surface area contributed by atoms with E-state index >= 15 is 0 Å². The fourth-order valence-corrected chi connectivity index (χ4v) is 17.7. The standard InChI is InChI=1S/C15H21N.2C13H18N2.C12H15NO.C12H15NS.2C11H15N3.C10H12N2S/c1-8-9(2)11(4)15-14(10(8)3)12(5)13(6)16(15)7;2*1-7-8(2)10(4)13-12(9(7)3)14-11(5)15(13)6;2*1-6-7(2)9(4)12-11(8(6)3)13-10(5)14-12;1-6-7(2)10-11(12-8(6)3)13-9(4)14(10)5;1-6-7(2)10-11(12-8(6)3)14(5)9(4)13-10;1-5-6(2)9-10(11-7(5)3)12-8(4)13-9/h1-7H3;2*1-6H3;4*1-5H3;1-4H3. The van der Waals surface area contributed by atoms with E-state index in [2.05, 4.69) is 304 Å². The number of fused-ring (bicyclic) bond motifs is 8. The summed E-state index contributed by atoms with van der Waals surface area (Å²) in [6.45, 7) is 81.0. The third-order valence-corrected chi connectivity index (χ3v) is 28.7. The van der Waals surface area contributed by atoms with Crippen molar-refractivity contribution < 1.29 is 4.42 Å². The van der Waals surface area contributed by atoms with E-state index in [0.29, 0.717) is 0 Å². The third kappa shape index (κ3) is 16.3. The Morgan fingerprint density at radius 1 is 0.217 bits per heavy atom. The van der Waals surface area contributed by atoms with Gasteiger partial charge in [0, 0.05) is 70.3 Å². The van der Waals surface area contributed by atoms with Crippen molar-refractivity contribution in [1.82, 2.24) is 72.7 Å². The van der Waals surface area contributed by atoms with E-state index in [1.165, 1.54) is 193 Å². The molecule has 0 N–H and O–H groups in total. The smallest absolute Gasteiger partial charge is 0.192 e. The zero-order valence-corrected chi connectivity index (χ0v) is 79.6. The molecule has 11 heterocycles. The van der Waals surface area contributed by atoms with Crippen molar-refractivity contribution in [3.63, 3.8) is 0 Å². The largest absolute Gasteiger partial charge is 0.441 e. The van der Waals surface area contributed by atoms with Gasteiger partial charge in [-0.05, 0) is 406 Å². The van der Waals surface area contributed by atoms with Crippen LogP contribution in [0.1, 0.15) is 212 Å². The molecule has 0 spiro atoms. The minimum absolute atomic E-state index is 0.746. The number of aryl methyl sites for hydroxylation is 29. The molecule has 0 aliphatic heterocycles. The average Bonchev–Trinajstić information content (AvgIpc) is 1.59. The van der Waals surface area contributed by atoms with Gasteiger partial charge < -0.3 is 27.3 Å². The molecule has 0 saturated carbocycles. The SMILES string of the molecule is Cc1c(C)c(C)c2c(c1C)c(C)c(C)n2C.Cc1c(C)c(C)c2c(nc(C)n2C)c1C.Cc1c(C)c(C)c2c(nc(C)n2C)c1C.Cc1nc2c(C)c(C)c(C)c(C)c2o1.Cc1nc2c(C)c(C)c(C)c(C)c2s1.Cc1nc2c(nc(C)n2C)c(C)c1C.Cc1nc2nc(C)c(C)c(C)c2s1.Cc1nc2nc(C)n(C)c2c(C)c1C. The van der Waals surface area contributed by atoms with E-state index in [-0.39, 0.29) is 0 Å². The molecule has 18 heteroatoms. The summed E-state index contributed by atoms with van der Waals surface area (Å²) in [7, 11) is 10.4. The summed E-state index contributed by atoms with van der Waals surface area (Å²) in [5.74, 6) is 4.94. The number of thiazole rings is 2. The molecule has 0 unspecified atom stereocenters. The highest BCUT2D eigenvalue weighted by Gasteiger charge is 2.22. The van der Waals surface area contributed by atoms with Crippen molar-refractivity contribution >= 4 is 110 Å². The lowest BCUT2D eigenvalue weighted by Crippen LogP contribution is -1.97. The van der Waals surface area contributed by atoms with E-state index in [0.717, 1.165) is 106 Å². The van der Waals surface area contributed by atoms with E-state index in [1.807, 2.05) is 67.1 Å². The van der Waals surface area contributed by atoms with Gasteiger partial charge in [-0.1, -0.05) is 0 Å². The Balaban J connectivity index is 0.000000150. The molecule has 0 atom stereocenters. The predicted octanol–water partition coefficient (Wildman–Crippen LogP) is 24.8. The highest BCUT2D eigenvalue weighted by molar-refractivity contribution is 7.19. The summed E-state index contributed by atoms with van der Waals surface area (Å²) in [6.07, 6.45) is 0. The number of pyridine rings is 3. The van der Waals surface area contributed by atoms with Crippen LogP contribution in [0.2, 0.25) is 0 Å². The minimum Gasteiger partial charge on any atom is -0.441 e. The third-order valence-electron chi connectivity index (χ3n) is 26.6. The summed E-state index contributed by atoms with van der Waals surface area (Å²) in [6, 6.07) is 0. The van der Waals surface area contributed by atoms with Crippen molar-refractivity contribution in [3.05, 3.63) is 212 Å². The van der Waals surface area contributed by atoms with Gasteiger partial charge in [-0.3, -0.25) is 0 Å². The van der Waals surface area contributed by atoms with Gasteiger partial charge in [0.2, 0.25) is 0 Å². The summed E-state index contributed by atoms with van der Waals surface area (Å²) in [5.41, 5.74) is 55.4. The lowest BCUT2D eigenvalue weighted by atomic mass is 9.94. The van der Waals surface area contributed by atoms with Crippen LogP contribution in [0.5, 0.6) is 0 Å². The summed E-state index contributed by atoms with van der Waals surface area (Å²) in [4.78, 5) is 45.1. The minimum atomic E-state index is 0.746. The number of rotatable bonds is 0. The van der Waals surface area contributed by atoms with E-state index in [1.54, 1.807) is 22.7 Å². The van der Waals surface area contributed by atoms with Crippen molar-refractivity contribution in [2.24, 2.45) is 35.2 Å². The Bertz CT molecular complexity index is 6200. The van der Waals surface area contributed by atoms with Gasteiger partial charge >= 0.3 is 0 Å². The molecule has 0 bridgehead atoms. The maximum absolute atomic E-state index is 5.60. The van der Waals surface area contributed by atoms with Crippen molar-refractivity contribution in [2.75, 3.05) is 0 Å². The van der Waals surface area contributed by atoms with Gasteiger partial charge in [0.25, 0.3) is 0 Å². The van der Waals surface area contributed by atoms with Gasteiger partial charge in [-0.15, -0.1) is 22.7 Å². The first kappa shape index (κ1) is 89.2. The van der Waals surface area contributed by atoms with Crippen LogP contribution in [0.25, 0.3) is 87.0 Å². The van der Waals surface area contributed by atoms with E-state index in [9.17, 15) is 0 Å². The van der Waals surface area contributed by atoms with Crippen LogP contribution < -0.4 is 0 Å². The van der Waals surface area contributed by atoms with Crippen LogP contribution in [0, 0.1) is 263 Å². The first-order valence-electron chi connectivity index (χ1n) is 40.2. The van der Waals surface area contributed by atoms with Crippen molar-refractivity contribution in [2.45, 2.75) is 263 Å². The molecule has 5 aromatic carbocycles. The first-order valence-corrected chi connectivity index (χ1v) is 41.8. The second-order valence-corrected chi connectivity index (χ2v) is 35.1. The van der Waals surface area contributed by atoms with Crippen LogP contribution in [-0.2, 0) is 35.2 Å². The van der Waals surface area contributed by atoms with Gasteiger partial charge in [-0.25, -0.2) is 49.8 Å². The number of imidazole rings is 4. The number of oxazole rings is 1. The Hall–Kier alpha value is -9.78. The number of hydrogen-bond donors (Lipinski definition) is 0. The fraction of sp³-hybridized carbons (Fsp3) is 0.443. The summed E-state index contributed by atoms with van der Waals surface area (Å²) >= 11 is 3.53. The molecule has 0 amide bonds. The number of nitrogens with zero attached hydrogens (tertiary/aromatic N) is 15. The number of hydrogen-bond acceptors (Lipinski definition) is 13. The quantitative estimate of drug-likeness (QED) is 0.142. The molecule has 0 aliphatic rings. The van der Waals surface area contributed by atoms with Gasteiger partial charge in [-0.2, -0.15) is 0 Å². The highest BCUT2D eigenvalue weighted by Crippen LogP contribution is 2.38. The molecule has 115 heavy (non-hydrogen) atoms. The lowest BCUT2D eigenvalue weighted by Gasteiger charge is -2.12. The predicted molar refractivity (Wildman–Crippen MR) is 492 cm³/mol. The summed E-state index contributed by atoms with van der Waals surface area (Å²) in [5, 5.41) is 3.72. The Morgan fingerprint density at radius 2 is 0.557 bits per heavy atom. The average molecular weight is 1590 g/mol. The van der Waals surface area contributed by atoms with E-state index in [4.69, 9.17) is 4.42 Å². The highest BCUT2D eigenvalue weighted by atomic mass is 32.1. The van der Waals surface area contributed by atoms with Crippen LogP contribution >= 0.6 is 22.7 Å². The second-order valence-electron chi connectivity index (χ2n) is 32.7. The van der Waals surface area contributed by atoms with Crippen LogP contribution in [0.3, 0.4) is 0 Å². The molecule has 11 aromatic heterocycles. The normalized spacial score (nSPS) is 11.3. The molecular formula is C97H129N15OS2. The van der Waals surface area contributed by atoms with Crippen molar-refractivity contribution in [1.29, 1.82) is 0 Å². The topological polar surface area (TPSA) is 167 Å². The zero-order valence-electron chi connectivity index (χ0n) is 77.9. The maximum Gasteiger partial charge on any atom is 0.192 e. The van der Waals surface area contributed by atoms with Crippen LogP contribution in [0.15, 0.2) is 4.42 Å². The van der Waals surface area contributed by atoms with Gasteiger partial charge in [0.05, 0.1) is 58.0 Å². The molecule has 0 aliphatic carbocycles. The number of aromatic nitrogens is 15. The zero-order chi connectivity index (χ0) is 86.3.